The van der Waals surface area contributed by atoms with Gasteiger partial charge in [0, 0.05) is 38.8 Å². The van der Waals surface area contributed by atoms with E-state index in [1.807, 2.05) is 31.2 Å². The molecular weight excluding hydrogens is 473 g/mol. The van der Waals surface area contributed by atoms with E-state index in [-0.39, 0.29) is 36.0 Å². The van der Waals surface area contributed by atoms with Gasteiger partial charge in [-0.2, -0.15) is 0 Å². The van der Waals surface area contributed by atoms with Gasteiger partial charge in [0.05, 0.1) is 19.8 Å². The maximum atomic E-state index is 9.36. The van der Waals surface area contributed by atoms with E-state index in [1.54, 1.807) is 7.11 Å². The van der Waals surface area contributed by atoms with Crippen LogP contribution in [0.2, 0.25) is 0 Å². The minimum Gasteiger partial charge on any atom is -0.491 e. The number of hydrogen-bond acceptors (Lipinski definition) is 5. The van der Waals surface area contributed by atoms with Crippen molar-refractivity contribution in [2.24, 2.45) is 10.4 Å². The minimum absolute atomic E-state index is 0. The number of hydrogen-bond donors (Lipinski definition) is 3. The molecule has 1 heterocycles. The highest BCUT2D eigenvalue weighted by Gasteiger charge is 2.34. The number of aliphatic hydroxyl groups is 1. The second-order valence-corrected chi connectivity index (χ2v) is 6.81. The molecule has 28 heavy (non-hydrogen) atoms. The molecule has 1 aromatic carbocycles. The molecule has 0 amide bonds. The summed E-state index contributed by atoms with van der Waals surface area (Å²) >= 11 is 0. The summed E-state index contributed by atoms with van der Waals surface area (Å²) in [6, 6.07) is 7.94. The second-order valence-electron chi connectivity index (χ2n) is 6.81. The first-order valence-corrected chi connectivity index (χ1v) is 9.63. The quantitative estimate of drug-likeness (QED) is 0.184. The lowest BCUT2D eigenvalue weighted by molar-refractivity contribution is 0.127. The van der Waals surface area contributed by atoms with Crippen LogP contribution in [-0.4, -0.2) is 64.3 Å². The zero-order chi connectivity index (χ0) is 19.4. The van der Waals surface area contributed by atoms with Crippen LogP contribution < -0.4 is 15.4 Å². The highest BCUT2D eigenvalue weighted by molar-refractivity contribution is 14.0. The van der Waals surface area contributed by atoms with Crippen molar-refractivity contribution in [2.45, 2.75) is 26.3 Å². The number of guanidine groups is 1. The van der Waals surface area contributed by atoms with E-state index in [1.165, 1.54) is 0 Å². The molecule has 0 radical (unpaired) electrons. The zero-order valence-electron chi connectivity index (χ0n) is 16.9. The zero-order valence-corrected chi connectivity index (χ0v) is 19.2. The first-order chi connectivity index (χ1) is 13.2. The van der Waals surface area contributed by atoms with Crippen LogP contribution in [0.15, 0.2) is 29.3 Å². The lowest BCUT2D eigenvalue weighted by atomic mass is 9.84. The van der Waals surface area contributed by atoms with Gasteiger partial charge in [0.1, 0.15) is 12.4 Å². The third kappa shape index (κ3) is 8.50. The van der Waals surface area contributed by atoms with Crippen molar-refractivity contribution in [2.75, 3.05) is 53.2 Å². The Morgan fingerprint density at radius 2 is 2.04 bits per heavy atom. The number of nitrogens with one attached hydrogen (secondary N) is 2. The van der Waals surface area contributed by atoms with Crippen LogP contribution in [-0.2, 0) is 16.0 Å². The molecule has 0 spiro atoms. The highest BCUT2D eigenvalue weighted by atomic mass is 127. The Hall–Kier alpha value is -1.10. The maximum Gasteiger partial charge on any atom is 0.191 e. The fourth-order valence-corrected chi connectivity index (χ4v) is 3.03. The van der Waals surface area contributed by atoms with Gasteiger partial charge in [0.2, 0.25) is 0 Å². The number of rotatable bonds is 11. The summed E-state index contributed by atoms with van der Waals surface area (Å²) in [7, 11) is 1.66. The van der Waals surface area contributed by atoms with Crippen molar-refractivity contribution in [1.29, 1.82) is 0 Å². The summed E-state index contributed by atoms with van der Waals surface area (Å²) in [6.07, 6.45) is 1.70. The van der Waals surface area contributed by atoms with E-state index < -0.39 is 0 Å². The topological polar surface area (TPSA) is 84.3 Å². The number of aliphatic imine (C=N–C) groups is 1. The number of benzene rings is 1. The Labute approximate surface area is 185 Å². The molecule has 1 atom stereocenters. The summed E-state index contributed by atoms with van der Waals surface area (Å²) in [5.41, 5.74) is 1.10. The van der Waals surface area contributed by atoms with Gasteiger partial charge in [-0.3, -0.25) is 0 Å². The number of ether oxygens (including phenoxy) is 3. The predicted molar refractivity (Wildman–Crippen MR) is 122 cm³/mol. The lowest BCUT2D eigenvalue weighted by Crippen LogP contribution is -2.44. The van der Waals surface area contributed by atoms with Crippen molar-refractivity contribution in [3.05, 3.63) is 29.8 Å². The van der Waals surface area contributed by atoms with Gasteiger partial charge in [-0.25, -0.2) is 4.99 Å². The monoisotopic (exact) mass is 507 g/mol. The molecule has 2 rings (SSSR count). The van der Waals surface area contributed by atoms with Crippen LogP contribution in [0.5, 0.6) is 5.75 Å². The Balaban J connectivity index is 0.00000392. The van der Waals surface area contributed by atoms with Gasteiger partial charge in [-0.1, -0.05) is 12.1 Å². The largest absolute Gasteiger partial charge is 0.491 e. The standard InChI is InChI=1S/C20H33N3O4.HI/c1-3-21-19(23-15-20(8-10-24)9-11-26-16-20)22-14-17-4-6-18(7-5-17)27-13-12-25-2;/h4-7,24H,3,8-16H2,1-2H3,(H2,21,22,23);1H. The molecule has 1 aliphatic rings. The maximum absolute atomic E-state index is 9.36. The number of aliphatic hydroxyl groups excluding tert-OH is 1. The van der Waals surface area contributed by atoms with Crippen LogP contribution >= 0.6 is 24.0 Å². The van der Waals surface area contributed by atoms with Crippen molar-refractivity contribution in [3.8, 4) is 5.75 Å². The Bertz CT molecular complexity index is 563. The van der Waals surface area contributed by atoms with Gasteiger partial charge >= 0.3 is 0 Å². The summed E-state index contributed by atoms with van der Waals surface area (Å²) in [5.74, 6) is 1.61. The van der Waals surface area contributed by atoms with E-state index in [0.29, 0.717) is 26.4 Å². The summed E-state index contributed by atoms with van der Waals surface area (Å²) in [5, 5.41) is 16.0. The summed E-state index contributed by atoms with van der Waals surface area (Å²) in [6.45, 7) is 6.90. The predicted octanol–water partition coefficient (Wildman–Crippen LogP) is 2.17. The van der Waals surface area contributed by atoms with E-state index in [2.05, 4.69) is 15.6 Å². The van der Waals surface area contributed by atoms with Crippen LogP contribution in [0.1, 0.15) is 25.3 Å². The number of methoxy groups -OCH3 is 1. The van der Waals surface area contributed by atoms with Gasteiger partial charge in [-0.15, -0.1) is 24.0 Å². The lowest BCUT2D eigenvalue weighted by Gasteiger charge is -2.27. The first kappa shape index (κ1) is 24.9. The van der Waals surface area contributed by atoms with E-state index >= 15 is 0 Å². The molecule has 1 saturated heterocycles. The SMILES string of the molecule is CCNC(=NCc1ccc(OCCOC)cc1)NCC1(CCO)CCOC1.I. The van der Waals surface area contributed by atoms with Gasteiger partial charge < -0.3 is 30.0 Å². The average Bonchev–Trinajstić information content (AvgIpc) is 3.14. The average molecular weight is 507 g/mol. The summed E-state index contributed by atoms with van der Waals surface area (Å²) in [4.78, 5) is 4.67. The second kappa shape index (κ2) is 14.0. The molecule has 1 fully saturated rings. The molecule has 0 bridgehead atoms. The molecule has 3 N–H and O–H groups in total. The molecule has 160 valence electrons. The molecule has 1 aliphatic heterocycles. The molecule has 1 unspecified atom stereocenters. The first-order valence-electron chi connectivity index (χ1n) is 9.63. The molecule has 7 nitrogen and oxygen atoms in total. The molecule has 0 aromatic heterocycles. The highest BCUT2D eigenvalue weighted by Crippen LogP contribution is 2.31. The van der Waals surface area contributed by atoms with E-state index in [0.717, 1.165) is 49.8 Å². The van der Waals surface area contributed by atoms with Crippen LogP contribution in [0, 0.1) is 5.41 Å². The van der Waals surface area contributed by atoms with Crippen molar-refractivity contribution >= 4 is 29.9 Å². The van der Waals surface area contributed by atoms with Crippen LogP contribution in [0.4, 0.5) is 0 Å². The van der Waals surface area contributed by atoms with Crippen molar-refractivity contribution in [1.82, 2.24) is 10.6 Å². The third-order valence-corrected chi connectivity index (χ3v) is 4.70. The van der Waals surface area contributed by atoms with E-state index in [9.17, 15) is 5.11 Å². The number of halogens is 1. The normalized spacial score (nSPS) is 19.2. The molecule has 8 heteroatoms. The van der Waals surface area contributed by atoms with Crippen molar-refractivity contribution < 1.29 is 19.3 Å². The fraction of sp³-hybridized carbons (Fsp3) is 0.650. The van der Waals surface area contributed by atoms with Gasteiger partial charge in [0.25, 0.3) is 0 Å². The van der Waals surface area contributed by atoms with Gasteiger partial charge in [-0.05, 0) is 37.5 Å². The number of nitrogens with zero attached hydrogens (tertiary/aromatic N) is 1. The Morgan fingerprint density at radius 1 is 1.25 bits per heavy atom. The van der Waals surface area contributed by atoms with Crippen molar-refractivity contribution in [3.63, 3.8) is 0 Å². The smallest absolute Gasteiger partial charge is 0.191 e. The van der Waals surface area contributed by atoms with Crippen LogP contribution in [0.25, 0.3) is 0 Å². The Kier molecular flexibility index (Phi) is 12.4. The van der Waals surface area contributed by atoms with Crippen LogP contribution in [0.3, 0.4) is 0 Å². The van der Waals surface area contributed by atoms with Gasteiger partial charge in [0.15, 0.2) is 5.96 Å². The minimum atomic E-state index is -0.00781. The Morgan fingerprint density at radius 3 is 2.64 bits per heavy atom. The summed E-state index contributed by atoms with van der Waals surface area (Å²) < 4.78 is 16.1. The third-order valence-electron chi connectivity index (χ3n) is 4.70. The van der Waals surface area contributed by atoms with E-state index in [4.69, 9.17) is 14.2 Å². The molecular formula is C20H34IN3O4. The molecule has 0 saturated carbocycles. The fourth-order valence-electron chi connectivity index (χ4n) is 3.03. The molecule has 0 aliphatic carbocycles. The molecule has 1 aromatic rings.